The SMILES string of the molecule is CC(N)c1nc(CN(C)c2ccccc2)cs1. The summed E-state index contributed by atoms with van der Waals surface area (Å²) in [5.41, 5.74) is 8.08. The Balaban J connectivity index is 2.05. The molecule has 0 amide bonds. The zero-order chi connectivity index (χ0) is 12.3. The number of hydrogen-bond acceptors (Lipinski definition) is 4. The molecule has 1 unspecified atom stereocenters. The molecule has 3 nitrogen and oxygen atoms in total. The first kappa shape index (κ1) is 12.1. The minimum absolute atomic E-state index is 0.0239. The van der Waals surface area contributed by atoms with E-state index in [4.69, 9.17) is 5.73 Å². The highest BCUT2D eigenvalue weighted by Crippen LogP contribution is 2.19. The molecule has 0 spiro atoms. The van der Waals surface area contributed by atoms with E-state index in [1.54, 1.807) is 11.3 Å². The standard InChI is InChI=1S/C13H17N3S/c1-10(14)13-15-11(9-17-13)8-16(2)12-6-4-3-5-7-12/h3-7,9-10H,8,14H2,1-2H3. The van der Waals surface area contributed by atoms with Crippen LogP contribution >= 0.6 is 11.3 Å². The highest BCUT2D eigenvalue weighted by Gasteiger charge is 2.08. The van der Waals surface area contributed by atoms with Gasteiger partial charge in [-0.15, -0.1) is 11.3 Å². The predicted octanol–water partition coefficient (Wildman–Crippen LogP) is 2.80. The molecule has 1 heterocycles. The minimum Gasteiger partial charge on any atom is -0.369 e. The third-order valence-electron chi connectivity index (χ3n) is 2.56. The fourth-order valence-corrected chi connectivity index (χ4v) is 2.39. The Bertz CT molecular complexity index is 465. The summed E-state index contributed by atoms with van der Waals surface area (Å²) in [6, 6.07) is 10.3. The van der Waals surface area contributed by atoms with E-state index in [1.165, 1.54) is 5.69 Å². The molecule has 2 aromatic rings. The Kier molecular flexibility index (Phi) is 3.76. The lowest BCUT2D eigenvalue weighted by Gasteiger charge is -2.17. The first-order valence-electron chi connectivity index (χ1n) is 5.63. The molecule has 0 bridgehead atoms. The molecule has 2 rings (SSSR count). The number of para-hydroxylation sites is 1. The molecule has 1 atom stereocenters. The summed E-state index contributed by atoms with van der Waals surface area (Å²) in [4.78, 5) is 6.71. The maximum atomic E-state index is 5.80. The van der Waals surface area contributed by atoms with Crippen LogP contribution in [0.5, 0.6) is 0 Å². The van der Waals surface area contributed by atoms with Crippen LogP contribution in [0.25, 0.3) is 0 Å². The largest absolute Gasteiger partial charge is 0.369 e. The number of anilines is 1. The van der Waals surface area contributed by atoms with E-state index in [-0.39, 0.29) is 6.04 Å². The summed E-state index contributed by atoms with van der Waals surface area (Å²) in [7, 11) is 2.07. The third kappa shape index (κ3) is 3.05. The summed E-state index contributed by atoms with van der Waals surface area (Å²) in [6.45, 7) is 2.77. The van der Waals surface area contributed by atoms with Gasteiger partial charge in [-0.2, -0.15) is 0 Å². The molecule has 2 N–H and O–H groups in total. The summed E-state index contributed by atoms with van der Waals surface area (Å²) in [5, 5.41) is 3.08. The van der Waals surface area contributed by atoms with Gasteiger partial charge < -0.3 is 10.6 Å². The number of thiazole rings is 1. The second-order valence-corrected chi connectivity index (χ2v) is 5.05. The van der Waals surface area contributed by atoms with Gasteiger partial charge in [0.25, 0.3) is 0 Å². The summed E-state index contributed by atoms with van der Waals surface area (Å²) >= 11 is 1.63. The van der Waals surface area contributed by atoms with Crippen LogP contribution in [-0.4, -0.2) is 12.0 Å². The van der Waals surface area contributed by atoms with Crippen LogP contribution in [0.3, 0.4) is 0 Å². The van der Waals surface area contributed by atoms with Crippen LogP contribution in [0, 0.1) is 0 Å². The molecule has 0 saturated heterocycles. The fraction of sp³-hybridized carbons (Fsp3) is 0.308. The van der Waals surface area contributed by atoms with E-state index in [0.29, 0.717) is 0 Å². The maximum absolute atomic E-state index is 5.80. The van der Waals surface area contributed by atoms with E-state index < -0.39 is 0 Å². The second kappa shape index (κ2) is 5.29. The molecule has 1 aromatic heterocycles. The zero-order valence-electron chi connectivity index (χ0n) is 10.1. The quantitative estimate of drug-likeness (QED) is 0.903. The van der Waals surface area contributed by atoms with Gasteiger partial charge in [-0.25, -0.2) is 4.98 Å². The lowest BCUT2D eigenvalue weighted by Crippen LogP contribution is -2.16. The smallest absolute Gasteiger partial charge is 0.109 e. The number of benzene rings is 1. The Morgan fingerprint density at radius 3 is 2.65 bits per heavy atom. The second-order valence-electron chi connectivity index (χ2n) is 4.16. The van der Waals surface area contributed by atoms with Crippen LogP contribution < -0.4 is 10.6 Å². The normalized spacial score (nSPS) is 12.4. The lowest BCUT2D eigenvalue weighted by molar-refractivity contribution is 0.790. The van der Waals surface area contributed by atoms with Crippen molar-refractivity contribution in [2.45, 2.75) is 19.5 Å². The Morgan fingerprint density at radius 1 is 1.35 bits per heavy atom. The van der Waals surface area contributed by atoms with Crippen molar-refractivity contribution in [3.8, 4) is 0 Å². The van der Waals surface area contributed by atoms with Crippen LogP contribution in [0.1, 0.15) is 23.7 Å². The van der Waals surface area contributed by atoms with Crippen molar-refractivity contribution in [1.29, 1.82) is 0 Å². The molecule has 0 aliphatic rings. The van der Waals surface area contributed by atoms with Crippen molar-refractivity contribution in [3.05, 3.63) is 46.4 Å². The van der Waals surface area contributed by atoms with E-state index in [1.807, 2.05) is 25.1 Å². The number of hydrogen-bond donors (Lipinski definition) is 1. The summed E-state index contributed by atoms with van der Waals surface area (Å²) < 4.78 is 0. The fourth-order valence-electron chi connectivity index (χ4n) is 1.62. The Labute approximate surface area is 106 Å². The molecule has 0 fully saturated rings. The average Bonchev–Trinajstić information content (AvgIpc) is 2.79. The van der Waals surface area contributed by atoms with Gasteiger partial charge >= 0.3 is 0 Å². The topological polar surface area (TPSA) is 42.1 Å². The van der Waals surface area contributed by atoms with E-state index in [0.717, 1.165) is 17.2 Å². The van der Waals surface area contributed by atoms with Crippen molar-refractivity contribution in [3.63, 3.8) is 0 Å². The molecular formula is C13H17N3S. The Morgan fingerprint density at radius 2 is 2.06 bits per heavy atom. The average molecular weight is 247 g/mol. The molecule has 1 aromatic carbocycles. The first-order chi connectivity index (χ1) is 8.16. The van der Waals surface area contributed by atoms with E-state index >= 15 is 0 Å². The highest BCUT2D eigenvalue weighted by atomic mass is 32.1. The van der Waals surface area contributed by atoms with Crippen molar-refractivity contribution in [1.82, 2.24) is 4.98 Å². The van der Waals surface area contributed by atoms with Crippen molar-refractivity contribution in [2.75, 3.05) is 11.9 Å². The van der Waals surface area contributed by atoms with Gasteiger partial charge in [0, 0.05) is 18.1 Å². The molecular weight excluding hydrogens is 230 g/mol. The zero-order valence-corrected chi connectivity index (χ0v) is 10.9. The summed E-state index contributed by atoms with van der Waals surface area (Å²) in [6.07, 6.45) is 0. The van der Waals surface area contributed by atoms with Gasteiger partial charge in [0.2, 0.25) is 0 Å². The minimum atomic E-state index is 0.0239. The van der Waals surface area contributed by atoms with Crippen molar-refractivity contribution >= 4 is 17.0 Å². The van der Waals surface area contributed by atoms with Gasteiger partial charge in [0.15, 0.2) is 0 Å². The van der Waals surface area contributed by atoms with Crippen LogP contribution in [-0.2, 0) is 6.54 Å². The number of nitrogens with zero attached hydrogens (tertiary/aromatic N) is 2. The van der Waals surface area contributed by atoms with Gasteiger partial charge in [-0.05, 0) is 19.1 Å². The van der Waals surface area contributed by atoms with Gasteiger partial charge in [-0.1, -0.05) is 18.2 Å². The molecule has 4 heteroatoms. The van der Waals surface area contributed by atoms with Gasteiger partial charge in [-0.3, -0.25) is 0 Å². The molecule has 90 valence electrons. The third-order valence-corrected chi connectivity index (χ3v) is 3.65. The molecule has 0 saturated carbocycles. The lowest BCUT2D eigenvalue weighted by atomic mass is 10.3. The molecule has 17 heavy (non-hydrogen) atoms. The summed E-state index contributed by atoms with van der Waals surface area (Å²) in [5.74, 6) is 0. The van der Waals surface area contributed by atoms with Gasteiger partial charge in [0.1, 0.15) is 5.01 Å². The number of rotatable bonds is 4. The van der Waals surface area contributed by atoms with Crippen molar-refractivity contribution < 1.29 is 0 Å². The first-order valence-corrected chi connectivity index (χ1v) is 6.51. The molecule has 0 aliphatic heterocycles. The highest BCUT2D eigenvalue weighted by molar-refractivity contribution is 7.09. The van der Waals surface area contributed by atoms with Crippen LogP contribution in [0.15, 0.2) is 35.7 Å². The van der Waals surface area contributed by atoms with E-state index in [2.05, 4.69) is 34.4 Å². The molecule has 0 aliphatic carbocycles. The van der Waals surface area contributed by atoms with Gasteiger partial charge in [0.05, 0.1) is 18.3 Å². The number of nitrogens with two attached hydrogens (primary N) is 1. The Hall–Kier alpha value is -1.39. The number of aromatic nitrogens is 1. The monoisotopic (exact) mass is 247 g/mol. The maximum Gasteiger partial charge on any atom is 0.109 e. The van der Waals surface area contributed by atoms with E-state index in [9.17, 15) is 0 Å². The van der Waals surface area contributed by atoms with Crippen LogP contribution in [0.4, 0.5) is 5.69 Å². The molecule has 0 radical (unpaired) electrons. The van der Waals surface area contributed by atoms with Crippen molar-refractivity contribution in [2.24, 2.45) is 5.73 Å². The van der Waals surface area contributed by atoms with Crippen LogP contribution in [0.2, 0.25) is 0 Å². The predicted molar refractivity (Wildman–Crippen MR) is 73.3 cm³/mol.